The zero-order valence-corrected chi connectivity index (χ0v) is 10.0. The first kappa shape index (κ1) is 11.5. The maximum atomic E-state index is 9.61. The van der Waals surface area contributed by atoms with E-state index in [-0.39, 0.29) is 6.10 Å². The predicted octanol–water partition coefficient (Wildman–Crippen LogP) is 3.29. The van der Waals surface area contributed by atoms with Crippen molar-refractivity contribution in [2.24, 2.45) is 0 Å². The number of benzene rings is 1. The van der Waals surface area contributed by atoms with Gasteiger partial charge in [0.2, 0.25) is 0 Å². The molecule has 1 aromatic carbocycles. The summed E-state index contributed by atoms with van der Waals surface area (Å²) in [7, 11) is 0. The van der Waals surface area contributed by atoms with Gasteiger partial charge in [-0.05, 0) is 47.0 Å². The number of hydrogen-bond donors (Lipinski definition) is 1. The molecule has 0 saturated heterocycles. The highest BCUT2D eigenvalue weighted by atomic mass is 79.9. The Balaban J connectivity index is 2.88. The fourth-order valence-corrected chi connectivity index (χ4v) is 1.74. The van der Waals surface area contributed by atoms with Crippen LogP contribution in [0.5, 0.6) is 5.75 Å². The molecule has 0 aromatic heterocycles. The molecule has 0 unspecified atom stereocenters. The van der Waals surface area contributed by atoms with Crippen molar-refractivity contribution in [2.45, 2.75) is 26.4 Å². The fraction of sp³-hybridized carbons (Fsp3) is 0.455. The Morgan fingerprint density at radius 3 is 2.64 bits per heavy atom. The second-order valence-corrected chi connectivity index (χ2v) is 3.90. The van der Waals surface area contributed by atoms with Crippen molar-refractivity contribution in [3.8, 4) is 5.75 Å². The molecule has 0 heterocycles. The molecule has 78 valence electrons. The van der Waals surface area contributed by atoms with E-state index in [9.17, 15) is 5.11 Å². The van der Waals surface area contributed by atoms with Crippen molar-refractivity contribution in [1.82, 2.24) is 0 Å². The number of halogens is 1. The van der Waals surface area contributed by atoms with E-state index in [0.29, 0.717) is 6.61 Å². The lowest BCUT2D eigenvalue weighted by Crippen LogP contribution is -1.97. The first-order valence-electron chi connectivity index (χ1n) is 4.79. The Kier molecular flexibility index (Phi) is 4.42. The average Bonchev–Trinajstić information content (AvgIpc) is 2.20. The van der Waals surface area contributed by atoms with Crippen LogP contribution < -0.4 is 4.74 Å². The van der Waals surface area contributed by atoms with Crippen LogP contribution in [-0.2, 0) is 0 Å². The largest absolute Gasteiger partial charge is 0.493 e. The van der Waals surface area contributed by atoms with Crippen LogP contribution in [0.1, 0.15) is 31.9 Å². The second kappa shape index (κ2) is 5.37. The third-order valence-electron chi connectivity index (χ3n) is 2.03. The van der Waals surface area contributed by atoms with Crippen molar-refractivity contribution in [2.75, 3.05) is 6.61 Å². The molecule has 0 fully saturated rings. The van der Waals surface area contributed by atoms with Gasteiger partial charge < -0.3 is 9.84 Å². The van der Waals surface area contributed by atoms with Gasteiger partial charge in [-0.1, -0.05) is 13.0 Å². The highest BCUT2D eigenvalue weighted by molar-refractivity contribution is 9.10. The number of aliphatic hydroxyl groups is 1. The van der Waals surface area contributed by atoms with Crippen LogP contribution in [0.15, 0.2) is 22.7 Å². The van der Waals surface area contributed by atoms with Gasteiger partial charge in [0.15, 0.2) is 0 Å². The van der Waals surface area contributed by atoms with Gasteiger partial charge in [-0.2, -0.15) is 0 Å². The van der Waals surface area contributed by atoms with E-state index in [0.717, 1.165) is 22.2 Å². The van der Waals surface area contributed by atoms with Gasteiger partial charge in [-0.3, -0.25) is 0 Å². The SMILES string of the molecule is CCOc1ccc([C@H](O)CC)cc1Br. The second-order valence-electron chi connectivity index (χ2n) is 3.05. The summed E-state index contributed by atoms with van der Waals surface area (Å²) in [5.41, 5.74) is 0.919. The predicted molar refractivity (Wildman–Crippen MR) is 60.6 cm³/mol. The first-order valence-corrected chi connectivity index (χ1v) is 5.58. The number of rotatable bonds is 4. The molecule has 0 aliphatic rings. The van der Waals surface area contributed by atoms with Crippen molar-refractivity contribution in [3.63, 3.8) is 0 Å². The number of ether oxygens (including phenoxy) is 1. The van der Waals surface area contributed by atoms with Gasteiger partial charge in [0.1, 0.15) is 5.75 Å². The Morgan fingerprint density at radius 2 is 2.14 bits per heavy atom. The summed E-state index contributed by atoms with van der Waals surface area (Å²) in [6.45, 7) is 4.55. The Hall–Kier alpha value is -0.540. The van der Waals surface area contributed by atoms with Crippen LogP contribution >= 0.6 is 15.9 Å². The Bertz CT molecular complexity index is 299. The normalized spacial score (nSPS) is 12.6. The standard InChI is InChI=1S/C11H15BrO2/c1-3-10(13)8-5-6-11(14-4-2)9(12)7-8/h5-7,10,13H,3-4H2,1-2H3/t10-/m1/s1. The first-order chi connectivity index (χ1) is 6.69. The molecule has 0 aliphatic carbocycles. The molecule has 0 spiro atoms. The van der Waals surface area contributed by atoms with Gasteiger partial charge in [-0.15, -0.1) is 0 Å². The minimum atomic E-state index is -0.387. The maximum absolute atomic E-state index is 9.61. The highest BCUT2D eigenvalue weighted by Gasteiger charge is 2.07. The molecule has 0 bridgehead atoms. The summed E-state index contributed by atoms with van der Waals surface area (Å²) in [6.07, 6.45) is 0.336. The van der Waals surface area contributed by atoms with Crippen molar-refractivity contribution in [3.05, 3.63) is 28.2 Å². The van der Waals surface area contributed by atoms with Gasteiger partial charge in [0, 0.05) is 0 Å². The highest BCUT2D eigenvalue weighted by Crippen LogP contribution is 2.29. The van der Waals surface area contributed by atoms with E-state index in [2.05, 4.69) is 15.9 Å². The number of hydrogen-bond acceptors (Lipinski definition) is 2. The van der Waals surface area contributed by atoms with Crippen molar-refractivity contribution >= 4 is 15.9 Å². The summed E-state index contributed by atoms with van der Waals surface area (Å²) in [6, 6.07) is 5.67. The molecule has 3 heteroatoms. The molecular weight excluding hydrogens is 244 g/mol. The van der Waals surface area contributed by atoms with Gasteiger partial charge >= 0.3 is 0 Å². The fourth-order valence-electron chi connectivity index (χ4n) is 1.23. The van der Waals surface area contributed by atoms with Crippen LogP contribution in [0.3, 0.4) is 0 Å². The molecule has 0 radical (unpaired) electrons. The Morgan fingerprint density at radius 1 is 1.43 bits per heavy atom. The van der Waals surface area contributed by atoms with Crippen LogP contribution in [0.25, 0.3) is 0 Å². The van der Waals surface area contributed by atoms with Crippen molar-refractivity contribution in [1.29, 1.82) is 0 Å². The van der Waals surface area contributed by atoms with E-state index in [1.54, 1.807) is 0 Å². The summed E-state index contributed by atoms with van der Waals surface area (Å²) >= 11 is 3.41. The minimum Gasteiger partial charge on any atom is -0.493 e. The Labute approximate surface area is 93.0 Å². The third kappa shape index (κ3) is 2.72. The molecule has 0 aliphatic heterocycles. The summed E-state index contributed by atoms with van der Waals surface area (Å²) in [4.78, 5) is 0. The number of aliphatic hydroxyl groups excluding tert-OH is 1. The van der Waals surface area contributed by atoms with Crippen LogP contribution in [0, 0.1) is 0 Å². The minimum absolute atomic E-state index is 0.387. The van der Waals surface area contributed by atoms with Crippen LogP contribution in [-0.4, -0.2) is 11.7 Å². The molecule has 0 saturated carbocycles. The molecule has 14 heavy (non-hydrogen) atoms. The lowest BCUT2D eigenvalue weighted by atomic mass is 10.1. The molecule has 0 amide bonds. The molecule has 1 atom stereocenters. The smallest absolute Gasteiger partial charge is 0.133 e. The van der Waals surface area contributed by atoms with E-state index in [1.807, 2.05) is 32.0 Å². The lowest BCUT2D eigenvalue weighted by Gasteiger charge is -2.11. The molecule has 1 N–H and O–H groups in total. The van der Waals surface area contributed by atoms with Gasteiger partial charge in [0.05, 0.1) is 17.2 Å². The zero-order chi connectivity index (χ0) is 10.6. The van der Waals surface area contributed by atoms with Gasteiger partial charge in [-0.25, -0.2) is 0 Å². The van der Waals surface area contributed by atoms with E-state index < -0.39 is 0 Å². The summed E-state index contributed by atoms with van der Waals surface area (Å²) in [5.74, 6) is 0.819. The van der Waals surface area contributed by atoms with Crippen LogP contribution in [0.4, 0.5) is 0 Å². The lowest BCUT2D eigenvalue weighted by molar-refractivity contribution is 0.173. The van der Waals surface area contributed by atoms with Crippen molar-refractivity contribution < 1.29 is 9.84 Å². The van der Waals surface area contributed by atoms with E-state index >= 15 is 0 Å². The molecule has 1 aromatic rings. The summed E-state index contributed by atoms with van der Waals surface area (Å²) < 4.78 is 6.27. The van der Waals surface area contributed by atoms with E-state index in [1.165, 1.54) is 0 Å². The quantitative estimate of drug-likeness (QED) is 0.899. The monoisotopic (exact) mass is 258 g/mol. The molecule has 1 rings (SSSR count). The maximum Gasteiger partial charge on any atom is 0.133 e. The molecular formula is C11H15BrO2. The zero-order valence-electron chi connectivity index (χ0n) is 8.46. The van der Waals surface area contributed by atoms with E-state index in [4.69, 9.17) is 4.74 Å². The van der Waals surface area contributed by atoms with Crippen LogP contribution in [0.2, 0.25) is 0 Å². The molecule has 2 nitrogen and oxygen atoms in total. The average molecular weight is 259 g/mol. The topological polar surface area (TPSA) is 29.5 Å². The summed E-state index contributed by atoms with van der Waals surface area (Å²) in [5, 5.41) is 9.61. The third-order valence-corrected chi connectivity index (χ3v) is 2.65. The van der Waals surface area contributed by atoms with Gasteiger partial charge in [0.25, 0.3) is 0 Å².